The van der Waals surface area contributed by atoms with Crippen molar-refractivity contribution in [3.63, 3.8) is 0 Å². The lowest BCUT2D eigenvalue weighted by Gasteiger charge is -2.31. The Bertz CT molecular complexity index is 824. The number of nitrogens with zero attached hydrogens (tertiary/aromatic N) is 1. The minimum atomic E-state index is -0.808. The first kappa shape index (κ1) is 22.2. The molecule has 0 saturated carbocycles. The van der Waals surface area contributed by atoms with Gasteiger partial charge in [0.1, 0.15) is 18.2 Å². The van der Waals surface area contributed by atoms with Crippen molar-refractivity contribution < 1.29 is 33.3 Å². The van der Waals surface area contributed by atoms with E-state index in [2.05, 4.69) is 0 Å². The molecule has 8 heteroatoms. The minimum absolute atomic E-state index is 0.249. The third kappa shape index (κ3) is 4.62. The Labute approximate surface area is 182 Å². The summed E-state index contributed by atoms with van der Waals surface area (Å²) in [5, 5.41) is 0. The molecular formula is C23H31NO7. The number of hydrogen-bond acceptors (Lipinski definition) is 7. The minimum Gasteiger partial charge on any atom is -0.441 e. The van der Waals surface area contributed by atoms with Crippen LogP contribution in [0.2, 0.25) is 0 Å². The van der Waals surface area contributed by atoms with E-state index in [4.69, 9.17) is 23.7 Å². The van der Waals surface area contributed by atoms with Crippen molar-refractivity contribution in [3.05, 3.63) is 35.9 Å². The van der Waals surface area contributed by atoms with Gasteiger partial charge in [-0.2, -0.15) is 0 Å². The molecule has 8 nitrogen and oxygen atoms in total. The van der Waals surface area contributed by atoms with Crippen molar-refractivity contribution in [2.45, 2.75) is 77.0 Å². The largest absolute Gasteiger partial charge is 0.441 e. The highest BCUT2D eigenvalue weighted by molar-refractivity contribution is 5.95. The van der Waals surface area contributed by atoms with Gasteiger partial charge in [-0.25, -0.2) is 9.69 Å². The van der Waals surface area contributed by atoms with E-state index >= 15 is 0 Å². The number of hydrogen-bond donors (Lipinski definition) is 0. The van der Waals surface area contributed by atoms with E-state index in [9.17, 15) is 9.59 Å². The van der Waals surface area contributed by atoms with Gasteiger partial charge in [-0.05, 0) is 39.7 Å². The molecule has 170 valence electrons. The molecule has 0 unspecified atom stereocenters. The quantitative estimate of drug-likeness (QED) is 0.706. The van der Waals surface area contributed by atoms with Crippen molar-refractivity contribution in [1.29, 1.82) is 0 Å². The van der Waals surface area contributed by atoms with E-state index in [0.29, 0.717) is 6.42 Å². The standard InChI is InChI=1S/C23H31NO7/c1-14(11-15-9-7-6-8-10-15)20(25)24-18(16-12-27-22(2,3)30-16)19(29-21(24)26)17-13-28-23(4,5)31-17/h6-10,14,16-19H,11-13H2,1-5H3/t14-,16-,17-,18+,19-/m1/s1. The Hall–Kier alpha value is -2.00. The van der Waals surface area contributed by atoms with Crippen LogP contribution >= 0.6 is 0 Å². The average molecular weight is 434 g/mol. The first-order valence-corrected chi connectivity index (χ1v) is 10.8. The van der Waals surface area contributed by atoms with Crippen LogP contribution in [0.3, 0.4) is 0 Å². The highest BCUT2D eigenvalue weighted by Crippen LogP contribution is 2.37. The fourth-order valence-electron chi connectivity index (χ4n) is 4.48. The molecule has 3 aliphatic rings. The summed E-state index contributed by atoms with van der Waals surface area (Å²) in [4.78, 5) is 27.6. The molecule has 0 N–H and O–H groups in total. The van der Waals surface area contributed by atoms with Crippen LogP contribution in [0.1, 0.15) is 40.2 Å². The number of rotatable bonds is 5. The van der Waals surface area contributed by atoms with Gasteiger partial charge in [-0.1, -0.05) is 37.3 Å². The van der Waals surface area contributed by atoms with Crippen molar-refractivity contribution in [2.24, 2.45) is 5.92 Å². The predicted octanol–water partition coefficient (Wildman–Crippen LogP) is 2.88. The van der Waals surface area contributed by atoms with Gasteiger partial charge in [0.2, 0.25) is 5.91 Å². The molecule has 2 amide bonds. The zero-order valence-corrected chi connectivity index (χ0v) is 18.7. The Morgan fingerprint density at radius 3 is 2.16 bits per heavy atom. The van der Waals surface area contributed by atoms with Crippen LogP contribution < -0.4 is 0 Å². The van der Waals surface area contributed by atoms with Gasteiger partial charge in [0, 0.05) is 5.92 Å². The summed E-state index contributed by atoms with van der Waals surface area (Å²) in [5.41, 5.74) is 1.03. The van der Waals surface area contributed by atoms with Crippen LogP contribution in [0.4, 0.5) is 4.79 Å². The van der Waals surface area contributed by atoms with Gasteiger partial charge in [-0.15, -0.1) is 0 Å². The fourth-order valence-corrected chi connectivity index (χ4v) is 4.48. The van der Waals surface area contributed by atoms with Crippen molar-refractivity contribution >= 4 is 12.0 Å². The number of amides is 2. The lowest BCUT2D eigenvalue weighted by Crippen LogP contribution is -2.54. The normalized spacial score (nSPS) is 32.8. The Morgan fingerprint density at radius 1 is 1.03 bits per heavy atom. The molecule has 5 atom stereocenters. The average Bonchev–Trinajstić information content (AvgIpc) is 3.35. The van der Waals surface area contributed by atoms with E-state index in [1.807, 2.05) is 65.0 Å². The van der Waals surface area contributed by atoms with Crippen LogP contribution in [-0.4, -0.2) is 66.0 Å². The van der Waals surface area contributed by atoms with Gasteiger partial charge < -0.3 is 23.7 Å². The number of cyclic esters (lactones) is 1. The molecule has 1 aromatic rings. The number of ether oxygens (including phenoxy) is 5. The number of imide groups is 1. The zero-order valence-electron chi connectivity index (χ0n) is 18.7. The monoisotopic (exact) mass is 433 g/mol. The molecule has 3 fully saturated rings. The number of benzene rings is 1. The van der Waals surface area contributed by atoms with Crippen LogP contribution in [0.5, 0.6) is 0 Å². The van der Waals surface area contributed by atoms with Crippen molar-refractivity contribution in [2.75, 3.05) is 13.2 Å². The summed E-state index contributed by atoms with van der Waals surface area (Å²) in [6, 6.07) is 9.06. The maximum Gasteiger partial charge on any atom is 0.417 e. The molecule has 0 spiro atoms. The van der Waals surface area contributed by atoms with Crippen molar-refractivity contribution in [3.8, 4) is 0 Å². The van der Waals surface area contributed by atoms with E-state index in [1.54, 1.807) is 0 Å². The van der Waals surface area contributed by atoms with Gasteiger partial charge in [0.25, 0.3) is 0 Å². The third-order valence-electron chi connectivity index (χ3n) is 5.92. The van der Waals surface area contributed by atoms with E-state index in [1.165, 1.54) is 4.90 Å². The van der Waals surface area contributed by atoms with Crippen LogP contribution in [0.15, 0.2) is 30.3 Å². The summed E-state index contributed by atoms with van der Waals surface area (Å²) in [6.45, 7) is 9.56. The number of carbonyl (C=O) groups is 2. The zero-order chi connectivity index (χ0) is 22.4. The second-order valence-electron chi connectivity index (χ2n) is 9.37. The topological polar surface area (TPSA) is 83.5 Å². The maximum atomic E-state index is 13.4. The third-order valence-corrected chi connectivity index (χ3v) is 5.92. The smallest absolute Gasteiger partial charge is 0.417 e. The molecule has 1 aromatic carbocycles. The van der Waals surface area contributed by atoms with Crippen molar-refractivity contribution in [1.82, 2.24) is 4.90 Å². The summed E-state index contributed by atoms with van der Waals surface area (Å²) in [5.74, 6) is -2.31. The van der Waals surface area contributed by atoms with E-state index < -0.39 is 47.9 Å². The molecule has 3 saturated heterocycles. The van der Waals surface area contributed by atoms with Crippen LogP contribution in [0, 0.1) is 5.92 Å². The van der Waals surface area contributed by atoms with Gasteiger partial charge in [0.15, 0.2) is 17.7 Å². The Kier molecular flexibility index (Phi) is 5.85. The summed E-state index contributed by atoms with van der Waals surface area (Å²) < 4.78 is 29.1. The molecule has 0 radical (unpaired) electrons. The highest BCUT2D eigenvalue weighted by atomic mass is 16.8. The molecule has 0 bridgehead atoms. The van der Waals surface area contributed by atoms with E-state index in [0.717, 1.165) is 5.56 Å². The first-order chi connectivity index (χ1) is 14.6. The second-order valence-corrected chi connectivity index (χ2v) is 9.37. The fraction of sp³-hybridized carbons (Fsp3) is 0.652. The van der Waals surface area contributed by atoms with Crippen LogP contribution in [0.25, 0.3) is 0 Å². The highest BCUT2D eigenvalue weighted by Gasteiger charge is 2.57. The predicted molar refractivity (Wildman–Crippen MR) is 110 cm³/mol. The Morgan fingerprint density at radius 2 is 1.61 bits per heavy atom. The van der Waals surface area contributed by atoms with E-state index in [-0.39, 0.29) is 19.1 Å². The van der Waals surface area contributed by atoms with Gasteiger partial charge in [0.05, 0.1) is 13.2 Å². The lowest BCUT2D eigenvalue weighted by atomic mass is 9.96. The molecule has 0 aromatic heterocycles. The summed E-state index contributed by atoms with van der Waals surface area (Å²) in [7, 11) is 0. The number of carbonyl (C=O) groups excluding carboxylic acids is 2. The molecule has 4 rings (SSSR count). The lowest BCUT2D eigenvalue weighted by molar-refractivity contribution is -0.164. The van der Waals surface area contributed by atoms with Gasteiger partial charge in [-0.3, -0.25) is 4.79 Å². The molecule has 3 aliphatic heterocycles. The first-order valence-electron chi connectivity index (χ1n) is 10.8. The molecule has 0 aliphatic carbocycles. The maximum absolute atomic E-state index is 13.4. The van der Waals surface area contributed by atoms with Crippen LogP contribution in [-0.2, 0) is 34.9 Å². The molecule has 31 heavy (non-hydrogen) atoms. The summed E-state index contributed by atoms with van der Waals surface area (Å²) >= 11 is 0. The summed E-state index contributed by atoms with van der Waals surface area (Å²) in [6.07, 6.45) is -1.89. The molecule has 3 heterocycles. The Balaban J connectivity index is 1.58. The SMILES string of the molecule is C[C@H](Cc1ccccc1)C(=O)N1C(=O)O[C@H]([C@H]2COC(C)(C)O2)[C@@H]1[C@H]1COC(C)(C)O1. The second kappa shape index (κ2) is 8.16. The molecular weight excluding hydrogens is 402 g/mol. The van der Waals surface area contributed by atoms with Gasteiger partial charge >= 0.3 is 6.09 Å².